The van der Waals surface area contributed by atoms with Gasteiger partial charge in [-0.2, -0.15) is 0 Å². The van der Waals surface area contributed by atoms with E-state index in [1.165, 1.54) is 29.9 Å². The van der Waals surface area contributed by atoms with Crippen molar-refractivity contribution in [3.05, 3.63) is 88.8 Å². The van der Waals surface area contributed by atoms with E-state index >= 15 is 0 Å². The highest BCUT2D eigenvalue weighted by atomic mass is 32.1. The van der Waals surface area contributed by atoms with Gasteiger partial charge in [-0.3, -0.25) is 19.5 Å². The number of esters is 1. The number of carbonyl (C=O) groups is 1. The second-order valence-electron chi connectivity index (χ2n) is 7.75. The Hall–Kier alpha value is -3.99. The highest BCUT2D eigenvalue weighted by Gasteiger charge is 2.34. The molecule has 0 N–H and O–H groups in total. The number of hydrogen-bond donors (Lipinski definition) is 0. The number of aromatic nitrogens is 1. The molecule has 0 radical (unpaired) electrons. The van der Waals surface area contributed by atoms with Crippen LogP contribution in [0.3, 0.4) is 0 Å². The second kappa shape index (κ2) is 9.10. The lowest BCUT2D eigenvalue weighted by Crippen LogP contribution is -2.40. The Morgan fingerprint density at radius 3 is 2.74 bits per heavy atom. The van der Waals surface area contributed by atoms with Crippen LogP contribution in [0.1, 0.15) is 38.1 Å². The summed E-state index contributed by atoms with van der Waals surface area (Å²) in [6.45, 7) is 5.18. The third-order valence-electron chi connectivity index (χ3n) is 5.06. The number of thiazole rings is 1. The molecule has 3 aromatic rings. The van der Waals surface area contributed by atoms with Gasteiger partial charge in [0.1, 0.15) is 16.4 Å². The van der Waals surface area contributed by atoms with Gasteiger partial charge in [0.05, 0.1) is 41.1 Å². The zero-order valence-corrected chi connectivity index (χ0v) is 19.6. The number of allylic oxidation sites excluding steroid dienone is 1. The number of furan rings is 1. The van der Waals surface area contributed by atoms with Crippen LogP contribution in [0.2, 0.25) is 0 Å². The number of nitro groups is 1. The third kappa shape index (κ3) is 4.29. The van der Waals surface area contributed by atoms with Gasteiger partial charge in [-0.25, -0.2) is 9.79 Å². The number of methoxy groups -OCH3 is 1. The van der Waals surface area contributed by atoms with Gasteiger partial charge in [-0.1, -0.05) is 23.5 Å². The van der Waals surface area contributed by atoms with Crippen LogP contribution >= 0.6 is 11.3 Å². The Bertz CT molecular complexity index is 1490. The summed E-state index contributed by atoms with van der Waals surface area (Å²) >= 11 is 1.10. The molecule has 0 spiro atoms. The van der Waals surface area contributed by atoms with E-state index in [4.69, 9.17) is 13.9 Å². The molecule has 1 atom stereocenters. The monoisotopic (exact) mass is 483 g/mol. The lowest BCUT2D eigenvalue weighted by molar-refractivity contribution is -0.402. The summed E-state index contributed by atoms with van der Waals surface area (Å²) in [6, 6.07) is 8.90. The van der Waals surface area contributed by atoms with Gasteiger partial charge < -0.3 is 13.9 Å². The van der Waals surface area contributed by atoms with E-state index in [9.17, 15) is 19.7 Å². The Morgan fingerprint density at radius 1 is 1.32 bits per heavy atom. The third-order valence-corrected chi connectivity index (χ3v) is 6.04. The van der Waals surface area contributed by atoms with E-state index in [0.29, 0.717) is 21.8 Å². The van der Waals surface area contributed by atoms with Crippen LogP contribution in [0.4, 0.5) is 5.88 Å². The highest BCUT2D eigenvalue weighted by molar-refractivity contribution is 7.07. The first-order chi connectivity index (χ1) is 16.2. The lowest BCUT2D eigenvalue weighted by Gasteiger charge is -2.25. The van der Waals surface area contributed by atoms with Gasteiger partial charge in [0.25, 0.3) is 5.56 Å². The number of rotatable bonds is 6. The minimum Gasteiger partial charge on any atom is -0.497 e. The molecule has 1 aliphatic heterocycles. The first-order valence-corrected chi connectivity index (χ1v) is 11.1. The zero-order chi connectivity index (χ0) is 24.6. The fourth-order valence-electron chi connectivity index (χ4n) is 3.63. The largest absolute Gasteiger partial charge is 0.497 e. The van der Waals surface area contributed by atoms with Gasteiger partial charge in [-0.15, -0.1) is 0 Å². The fraction of sp³-hybridized carbons (Fsp3) is 0.261. The summed E-state index contributed by atoms with van der Waals surface area (Å²) in [6.07, 6.45) is 1.06. The minimum absolute atomic E-state index is 0.157. The zero-order valence-electron chi connectivity index (χ0n) is 18.8. The Morgan fingerprint density at radius 2 is 2.09 bits per heavy atom. The standard InChI is InChI=1S/C23H21N3O7S/c1-12(2)32-22(28)19-13(3)24-23-25(20(19)14-6-5-7-15(10-14)31-4)21(27)17(34-23)11-16-8-9-18(33-16)26(29)30/h5-12,20H,1-4H3/b17-11+/t20-/m0/s1. The van der Waals surface area contributed by atoms with Gasteiger partial charge in [-0.05, 0) is 44.5 Å². The summed E-state index contributed by atoms with van der Waals surface area (Å²) in [5.41, 5.74) is 0.901. The van der Waals surface area contributed by atoms with Gasteiger partial charge in [0.2, 0.25) is 0 Å². The van der Waals surface area contributed by atoms with E-state index in [1.807, 2.05) is 0 Å². The van der Waals surface area contributed by atoms with Crippen LogP contribution in [-0.4, -0.2) is 28.7 Å². The summed E-state index contributed by atoms with van der Waals surface area (Å²) in [5.74, 6) is -0.276. The molecule has 0 unspecified atom stereocenters. The summed E-state index contributed by atoms with van der Waals surface area (Å²) < 4.78 is 17.7. The lowest BCUT2D eigenvalue weighted by atomic mass is 9.95. The molecule has 3 heterocycles. The first-order valence-electron chi connectivity index (χ1n) is 10.3. The number of carbonyl (C=O) groups excluding carboxylic acids is 1. The molecule has 1 aromatic carbocycles. The van der Waals surface area contributed by atoms with Crippen LogP contribution in [0.5, 0.6) is 5.75 Å². The van der Waals surface area contributed by atoms with E-state index in [0.717, 1.165) is 11.3 Å². The van der Waals surface area contributed by atoms with Crippen molar-refractivity contribution in [2.24, 2.45) is 4.99 Å². The molecule has 176 valence electrons. The van der Waals surface area contributed by atoms with Gasteiger partial charge in [0.15, 0.2) is 4.80 Å². The average molecular weight is 484 g/mol. The molecule has 0 bridgehead atoms. The Labute approximate surface area is 197 Å². The second-order valence-corrected chi connectivity index (χ2v) is 8.75. The van der Waals surface area contributed by atoms with E-state index < -0.39 is 28.4 Å². The molecular formula is C23H21N3O7S. The molecule has 4 rings (SSSR count). The van der Waals surface area contributed by atoms with Crippen molar-refractivity contribution < 1.29 is 23.6 Å². The van der Waals surface area contributed by atoms with Crippen molar-refractivity contribution in [1.29, 1.82) is 0 Å². The fourth-order valence-corrected chi connectivity index (χ4v) is 4.66. The summed E-state index contributed by atoms with van der Waals surface area (Å²) in [5, 5.41) is 10.9. The number of nitrogens with zero attached hydrogens (tertiary/aromatic N) is 3. The van der Waals surface area contributed by atoms with E-state index in [-0.39, 0.29) is 22.0 Å². The molecule has 1 aliphatic rings. The molecule has 0 aliphatic carbocycles. The molecular weight excluding hydrogens is 462 g/mol. The van der Waals surface area contributed by atoms with Crippen LogP contribution in [0, 0.1) is 10.1 Å². The molecule has 11 heteroatoms. The van der Waals surface area contributed by atoms with Crippen LogP contribution in [0.15, 0.2) is 61.9 Å². The smallest absolute Gasteiger partial charge is 0.433 e. The van der Waals surface area contributed by atoms with Gasteiger partial charge >= 0.3 is 11.9 Å². The van der Waals surface area contributed by atoms with Crippen molar-refractivity contribution in [3.8, 4) is 5.75 Å². The summed E-state index contributed by atoms with van der Waals surface area (Å²) in [7, 11) is 1.53. The van der Waals surface area contributed by atoms with Crippen LogP contribution in [0.25, 0.3) is 6.08 Å². The molecule has 0 saturated heterocycles. The molecule has 10 nitrogen and oxygen atoms in total. The maximum Gasteiger partial charge on any atom is 0.433 e. The normalized spacial score (nSPS) is 15.8. The van der Waals surface area contributed by atoms with E-state index in [1.54, 1.807) is 45.0 Å². The van der Waals surface area contributed by atoms with Crippen molar-refractivity contribution in [3.63, 3.8) is 0 Å². The van der Waals surface area contributed by atoms with Crippen molar-refractivity contribution in [2.75, 3.05) is 7.11 Å². The number of hydrogen-bond acceptors (Lipinski definition) is 9. The highest BCUT2D eigenvalue weighted by Crippen LogP contribution is 2.32. The SMILES string of the molecule is COc1cccc([C@H]2C(C(=O)OC(C)C)=C(C)N=c3s/c(=C/c4ccc([N+](=O)[O-])o4)c(=O)n32)c1. The van der Waals surface area contributed by atoms with Crippen molar-refractivity contribution in [2.45, 2.75) is 32.9 Å². The molecule has 0 saturated carbocycles. The minimum atomic E-state index is -0.800. The predicted molar refractivity (Wildman–Crippen MR) is 123 cm³/mol. The van der Waals surface area contributed by atoms with Crippen LogP contribution in [-0.2, 0) is 9.53 Å². The maximum atomic E-state index is 13.5. The Balaban J connectivity index is 1.93. The van der Waals surface area contributed by atoms with Crippen LogP contribution < -0.4 is 19.6 Å². The number of fused-ring (bicyclic) bond motifs is 1. The summed E-state index contributed by atoms with van der Waals surface area (Å²) in [4.78, 5) is 41.7. The molecule has 0 amide bonds. The van der Waals surface area contributed by atoms with Gasteiger partial charge in [0, 0.05) is 6.08 Å². The Kier molecular flexibility index (Phi) is 6.20. The van der Waals surface area contributed by atoms with Crippen molar-refractivity contribution in [1.82, 2.24) is 4.57 Å². The molecule has 2 aromatic heterocycles. The van der Waals surface area contributed by atoms with E-state index in [2.05, 4.69) is 4.99 Å². The first kappa shape index (κ1) is 23.2. The molecule has 34 heavy (non-hydrogen) atoms. The quantitative estimate of drug-likeness (QED) is 0.300. The number of benzene rings is 1. The predicted octanol–water partition coefficient (Wildman–Crippen LogP) is 2.70. The molecule has 0 fully saturated rings. The number of ether oxygens (including phenoxy) is 2. The van der Waals surface area contributed by atoms with Crippen molar-refractivity contribution >= 4 is 29.3 Å². The maximum absolute atomic E-state index is 13.5. The topological polar surface area (TPSA) is 126 Å². The average Bonchev–Trinajstić information content (AvgIpc) is 3.37.